The van der Waals surface area contributed by atoms with E-state index in [9.17, 15) is 27.9 Å². The molecule has 6 nitrogen and oxygen atoms in total. The number of hydrogen-bond acceptors (Lipinski definition) is 5. The summed E-state index contributed by atoms with van der Waals surface area (Å²) < 4.78 is 39.4. The van der Waals surface area contributed by atoms with Crippen molar-refractivity contribution in [3.63, 3.8) is 0 Å². The Kier molecular flexibility index (Phi) is 7.40. The summed E-state index contributed by atoms with van der Waals surface area (Å²) in [7, 11) is 0. The van der Waals surface area contributed by atoms with Crippen LogP contribution in [-0.2, 0) is 9.59 Å². The standard InChI is InChI=1S/C16H28F3N3O3/c1-8(2)11(20)15(25)22(14(24)10-6-5-7-21-10)12(9(3)4)13(23)16(17,18)19/h8-13,21,23H,5-7,20H2,1-4H3/t10-,11-,12?,13?/m1/s1. The van der Waals surface area contributed by atoms with Gasteiger partial charge in [0, 0.05) is 0 Å². The molecule has 1 aliphatic heterocycles. The van der Waals surface area contributed by atoms with Gasteiger partial charge in [-0.2, -0.15) is 13.2 Å². The zero-order chi connectivity index (χ0) is 19.5. The maximum atomic E-state index is 13.1. The summed E-state index contributed by atoms with van der Waals surface area (Å²) in [6, 6.07) is -3.61. The number of carbonyl (C=O) groups is 2. The average molecular weight is 367 g/mol. The Morgan fingerprint density at radius 1 is 1.20 bits per heavy atom. The van der Waals surface area contributed by atoms with Crippen LogP contribution in [0.1, 0.15) is 40.5 Å². The molecule has 0 radical (unpaired) electrons. The third kappa shape index (κ3) is 5.15. The summed E-state index contributed by atoms with van der Waals surface area (Å²) >= 11 is 0. The number of nitrogens with one attached hydrogen (secondary N) is 1. The van der Waals surface area contributed by atoms with Crippen molar-refractivity contribution in [2.24, 2.45) is 17.6 Å². The average Bonchev–Trinajstić information content (AvgIpc) is 3.02. The second-order valence-corrected chi connectivity index (χ2v) is 7.19. The summed E-state index contributed by atoms with van der Waals surface area (Å²) in [5.74, 6) is -2.82. The Bertz CT molecular complexity index is 463. The third-order valence-electron chi connectivity index (χ3n) is 4.48. The molecule has 0 aromatic carbocycles. The predicted molar refractivity (Wildman–Crippen MR) is 86.4 cm³/mol. The molecule has 0 aromatic heterocycles. The molecule has 146 valence electrons. The number of aliphatic hydroxyl groups excluding tert-OH is 1. The van der Waals surface area contributed by atoms with E-state index < -0.39 is 48.1 Å². The number of nitrogens with two attached hydrogens (primary N) is 1. The van der Waals surface area contributed by atoms with E-state index in [-0.39, 0.29) is 5.92 Å². The lowest BCUT2D eigenvalue weighted by molar-refractivity contribution is -0.226. The van der Waals surface area contributed by atoms with E-state index in [0.717, 1.165) is 0 Å². The van der Waals surface area contributed by atoms with Gasteiger partial charge in [-0.1, -0.05) is 27.7 Å². The Morgan fingerprint density at radius 2 is 1.76 bits per heavy atom. The van der Waals surface area contributed by atoms with E-state index in [1.807, 2.05) is 0 Å². The Balaban J connectivity index is 3.30. The molecule has 25 heavy (non-hydrogen) atoms. The number of amides is 2. The minimum Gasteiger partial charge on any atom is -0.382 e. The van der Waals surface area contributed by atoms with Crippen molar-refractivity contribution in [3.05, 3.63) is 0 Å². The zero-order valence-corrected chi connectivity index (χ0v) is 15.0. The first-order valence-corrected chi connectivity index (χ1v) is 8.50. The fourth-order valence-corrected chi connectivity index (χ4v) is 2.91. The number of rotatable bonds is 6. The fourth-order valence-electron chi connectivity index (χ4n) is 2.91. The van der Waals surface area contributed by atoms with Gasteiger partial charge < -0.3 is 16.2 Å². The predicted octanol–water partition coefficient (Wildman–Crippen LogP) is 1.02. The van der Waals surface area contributed by atoms with Crippen LogP contribution in [0.5, 0.6) is 0 Å². The Labute approximate surface area is 145 Å². The minimum atomic E-state index is -4.96. The van der Waals surface area contributed by atoms with Crippen molar-refractivity contribution in [2.75, 3.05) is 6.54 Å². The number of hydrogen-bond donors (Lipinski definition) is 3. The molecule has 2 unspecified atom stereocenters. The first kappa shape index (κ1) is 21.9. The first-order valence-electron chi connectivity index (χ1n) is 8.50. The molecule has 2 amide bonds. The van der Waals surface area contributed by atoms with Crippen LogP contribution in [0.15, 0.2) is 0 Å². The molecule has 1 rings (SSSR count). The van der Waals surface area contributed by atoms with Crippen LogP contribution < -0.4 is 11.1 Å². The smallest absolute Gasteiger partial charge is 0.382 e. The van der Waals surface area contributed by atoms with Crippen molar-refractivity contribution < 1.29 is 27.9 Å². The Morgan fingerprint density at radius 3 is 2.12 bits per heavy atom. The highest BCUT2D eigenvalue weighted by Gasteiger charge is 2.51. The maximum Gasteiger partial charge on any atom is 0.416 e. The molecule has 0 aliphatic carbocycles. The summed E-state index contributed by atoms with van der Waals surface area (Å²) in [5.41, 5.74) is 5.82. The monoisotopic (exact) mass is 367 g/mol. The number of aliphatic hydroxyl groups is 1. The highest BCUT2D eigenvalue weighted by Crippen LogP contribution is 2.30. The van der Waals surface area contributed by atoms with Gasteiger partial charge in [0.05, 0.1) is 18.1 Å². The number of alkyl halides is 3. The van der Waals surface area contributed by atoms with Crippen LogP contribution in [0.2, 0.25) is 0 Å². The van der Waals surface area contributed by atoms with Gasteiger partial charge in [-0.05, 0) is 31.2 Å². The highest BCUT2D eigenvalue weighted by atomic mass is 19.4. The maximum absolute atomic E-state index is 13.1. The lowest BCUT2D eigenvalue weighted by Crippen LogP contribution is -2.63. The lowest BCUT2D eigenvalue weighted by Gasteiger charge is -2.39. The van der Waals surface area contributed by atoms with Crippen LogP contribution in [0, 0.1) is 11.8 Å². The van der Waals surface area contributed by atoms with E-state index in [1.54, 1.807) is 13.8 Å². The van der Waals surface area contributed by atoms with Crippen molar-refractivity contribution >= 4 is 11.8 Å². The Hall–Kier alpha value is -1.19. The minimum absolute atomic E-state index is 0.366. The third-order valence-corrected chi connectivity index (χ3v) is 4.48. The molecule has 0 saturated carbocycles. The highest BCUT2D eigenvalue weighted by molar-refractivity contribution is 6.00. The molecule has 1 saturated heterocycles. The summed E-state index contributed by atoms with van der Waals surface area (Å²) in [6.45, 7) is 6.68. The number of carbonyl (C=O) groups excluding carboxylic acids is 2. The van der Waals surface area contributed by atoms with Crippen molar-refractivity contribution in [1.29, 1.82) is 0 Å². The summed E-state index contributed by atoms with van der Waals surface area (Å²) in [4.78, 5) is 26.1. The number of imide groups is 1. The van der Waals surface area contributed by atoms with Crippen LogP contribution in [-0.4, -0.2) is 58.8 Å². The first-order chi connectivity index (χ1) is 11.4. The SMILES string of the molecule is CC(C)C(C(O)C(F)(F)F)N(C(=O)[C@H]1CCCN1)C(=O)[C@H](N)C(C)C. The van der Waals surface area contributed by atoms with Gasteiger partial charge in [0.2, 0.25) is 11.8 Å². The summed E-state index contributed by atoms with van der Waals surface area (Å²) in [5, 5.41) is 12.7. The molecule has 0 spiro atoms. The second kappa shape index (κ2) is 8.46. The summed E-state index contributed by atoms with van der Waals surface area (Å²) in [6.07, 6.45) is -6.69. The molecule has 4 N–H and O–H groups in total. The normalized spacial score (nSPS) is 22.1. The number of nitrogens with zero attached hydrogens (tertiary/aromatic N) is 1. The van der Waals surface area contributed by atoms with E-state index in [4.69, 9.17) is 5.73 Å². The van der Waals surface area contributed by atoms with E-state index in [1.165, 1.54) is 13.8 Å². The van der Waals surface area contributed by atoms with Crippen LogP contribution in [0.25, 0.3) is 0 Å². The molecule has 0 bridgehead atoms. The van der Waals surface area contributed by atoms with E-state index >= 15 is 0 Å². The number of halogens is 3. The van der Waals surface area contributed by atoms with Gasteiger partial charge in [-0.3, -0.25) is 14.5 Å². The van der Waals surface area contributed by atoms with Crippen LogP contribution in [0.4, 0.5) is 13.2 Å². The zero-order valence-electron chi connectivity index (χ0n) is 15.0. The molecular formula is C16H28F3N3O3. The van der Waals surface area contributed by atoms with Crippen molar-refractivity contribution in [1.82, 2.24) is 10.2 Å². The van der Waals surface area contributed by atoms with Crippen molar-refractivity contribution in [2.45, 2.75) is 70.9 Å². The van der Waals surface area contributed by atoms with Gasteiger partial charge in [0.15, 0.2) is 6.10 Å². The van der Waals surface area contributed by atoms with Gasteiger partial charge in [0.25, 0.3) is 0 Å². The van der Waals surface area contributed by atoms with Gasteiger partial charge in [0.1, 0.15) is 0 Å². The van der Waals surface area contributed by atoms with Gasteiger partial charge in [-0.25, -0.2) is 0 Å². The van der Waals surface area contributed by atoms with E-state index in [0.29, 0.717) is 24.3 Å². The molecule has 4 atom stereocenters. The van der Waals surface area contributed by atoms with Gasteiger partial charge in [-0.15, -0.1) is 0 Å². The van der Waals surface area contributed by atoms with E-state index in [2.05, 4.69) is 5.32 Å². The fraction of sp³-hybridized carbons (Fsp3) is 0.875. The molecule has 9 heteroatoms. The molecular weight excluding hydrogens is 339 g/mol. The van der Waals surface area contributed by atoms with Crippen LogP contribution in [0.3, 0.4) is 0 Å². The molecule has 1 aliphatic rings. The lowest BCUT2D eigenvalue weighted by atomic mass is 9.93. The molecule has 1 fully saturated rings. The molecule has 0 aromatic rings. The van der Waals surface area contributed by atoms with Crippen LogP contribution >= 0.6 is 0 Å². The quantitative estimate of drug-likeness (QED) is 0.652. The van der Waals surface area contributed by atoms with Gasteiger partial charge >= 0.3 is 6.18 Å². The largest absolute Gasteiger partial charge is 0.416 e. The topological polar surface area (TPSA) is 95.7 Å². The van der Waals surface area contributed by atoms with Crippen molar-refractivity contribution in [3.8, 4) is 0 Å². The second-order valence-electron chi connectivity index (χ2n) is 7.19. The molecule has 1 heterocycles.